The lowest BCUT2D eigenvalue weighted by Gasteiger charge is -2.11. The number of carbonyl (C=O) groups is 2. The molecule has 0 fully saturated rings. The van der Waals surface area contributed by atoms with Crippen LogP contribution in [0.3, 0.4) is 0 Å². The number of methoxy groups -OCH3 is 1. The van der Waals surface area contributed by atoms with Crippen LogP contribution < -0.4 is 15.4 Å². The lowest BCUT2D eigenvalue weighted by atomic mass is 10.1. The summed E-state index contributed by atoms with van der Waals surface area (Å²) < 4.78 is 10.2. The zero-order valence-corrected chi connectivity index (χ0v) is 15.1. The molecule has 0 aliphatic carbocycles. The van der Waals surface area contributed by atoms with Gasteiger partial charge in [0.1, 0.15) is 5.75 Å². The number of nitrogens with one attached hydrogen (secondary N) is 2. The molecule has 138 valence electrons. The summed E-state index contributed by atoms with van der Waals surface area (Å²) in [4.78, 5) is 24.0. The van der Waals surface area contributed by atoms with Crippen LogP contribution in [-0.2, 0) is 16.0 Å². The Bertz CT molecular complexity index is 746. The second-order valence-electron chi connectivity index (χ2n) is 5.59. The number of carbonyl (C=O) groups excluding carboxylic acids is 2. The van der Waals surface area contributed by atoms with Crippen LogP contribution in [0.5, 0.6) is 5.75 Å². The minimum absolute atomic E-state index is 0.154. The van der Waals surface area contributed by atoms with Gasteiger partial charge in [0, 0.05) is 0 Å². The van der Waals surface area contributed by atoms with Crippen LogP contribution in [0.1, 0.15) is 22.8 Å². The summed E-state index contributed by atoms with van der Waals surface area (Å²) in [6, 6.07) is 14.6. The summed E-state index contributed by atoms with van der Waals surface area (Å²) in [5.41, 5.74) is 1.93. The van der Waals surface area contributed by atoms with Crippen LogP contribution in [0.25, 0.3) is 0 Å². The molecular weight excluding hydrogens is 332 g/mol. The standard InChI is InChI=1S/C20H24N2O4/c1-3-26-20(24)17-9-4-5-10-18(17)22-19(23)14-21-12-11-15-7-6-8-16(13-15)25-2/h4-10,13,21H,3,11-12,14H2,1-2H3,(H,22,23). The van der Waals surface area contributed by atoms with Crippen molar-refractivity contribution in [1.82, 2.24) is 5.32 Å². The summed E-state index contributed by atoms with van der Waals surface area (Å²) in [5.74, 6) is 0.151. The number of amides is 1. The van der Waals surface area contributed by atoms with Crippen molar-refractivity contribution >= 4 is 17.6 Å². The lowest BCUT2D eigenvalue weighted by molar-refractivity contribution is -0.115. The molecule has 0 unspecified atom stereocenters. The van der Waals surface area contributed by atoms with Gasteiger partial charge >= 0.3 is 5.97 Å². The van der Waals surface area contributed by atoms with Crippen LogP contribution >= 0.6 is 0 Å². The van der Waals surface area contributed by atoms with Gasteiger partial charge in [0.2, 0.25) is 5.91 Å². The fraction of sp³-hybridized carbons (Fsp3) is 0.300. The maximum absolute atomic E-state index is 12.1. The van der Waals surface area contributed by atoms with Gasteiger partial charge in [0.25, 0.3) is 0 Å². The van der Waals surface area contributed by atoms with Crippen LogP contribution in [0.15, 0.2) is 48.5 Å². The number of para-hydroxylation sites is 1. The fourth-order valence-electron chi connectivity index (χ4n) is 2.44. The van der Waals surface area contributed by atoms with E-state index in [-0.39, 0.29) is 19.1 Å². The lowest BCUT2D eigenvalue weighted by Crippen LogP contribution is -2.30. The van der Waals surface area contributed by atoms with Crippen molar-refractivity contribution in [3.63, 3.8) is 0 Å². The topological polar surface area (TPSA) is 76.7 Å². The average Bonchev–Trinajstić information content (AvgIpc) is 2.66. The molecule has 0 saturated carbocycles. The van der Waals surface area contributed by atoms with Crippen molar-refractivity contribution in [1.29, 1.82) is 0 Å². The molecule has 2 aromatic rings. The molecule has 26 heavy (non-hydrogen) atoms. The average molecular weight is 356 g/mol. The second-order valence-corrected chi connectivity index (χ2v) is 5.59. The minimum atomic E-state index is -0.450. The predicted molar refractivity (Wildman–Crippen MR) is 101 cm³/mol. The van der Waals surface area contributed by atoms with Crippen molar-refractivity contribution in [3.05, 3.63) is 59.7 Å². The zero-order valence-electron chi connectivity index (χ0n) is 15.1. The Hall–Kier alpha value is -2.86. The van der Waals surface area contributed by atoms with E-state index in [1.807, 2.05) is 24.3 Å². The van der Waals surface area contributed by atoms with Crippen LogP contribution in [-0.4, -0.2) is 38.7 Å². The Kier molecular flexibility index (Phi) is 7.64. The van der Waals surface area contributed by atoms with Crippen molar-refractivity contribution in [2.24, 2.45) is 0 Å². The largest absolute Gasteiger partial charge is 0.497 e. The van der Waals surface area contributed by atoms with Gasteiger partial charge in [0.15, 0.2) is 0 Å². The molecule has 2 N–H and O–H groups in total. The summed E-state index contributed by atoms with van der Waals surface area (Å²) in [7, 11) is 1.63. The second kappa shape index (κ2) is 10.2. The van der Waals surface area contributed by atoms with Gasteiger partial charge in [-0.25, -0.2) is 4.79 Å². The van der Waals surface area contributed by atoms with E-state index in [0.29, 0.717) is 17.8 Å². The van der Waals surface area contributed by atoms with Crippen molar-refractivity contribution in [2.45, 2.75) is 13.3 Å². The fourth-order valence-corrected chi connectivity index (χ4v) is 2.44. The number of anilines is 1. The molecule has 0 bridgehead atoms. The molecule has 0 radical (unpaired) electrons. The van der Waals surface area contributed by atoms with Crippen LogP contribution in [0.4, 0.5) is 5.69 Å². The Morgan fingerprint density at radius 2 is 1.88 bits per heavy atom. The Balaban J connectivity index is 1.81. The highest BCUT2D eigenvalue weighted by Gasteiger charge is 2.13. The van der Waals surface area contributed by atoms with Crippen LogP contribution in [0, 0.1) is 0 Å². The van der Waals surface area contributed by atoms with E-state index >= 15 is 0 Å². The molecule has 6 nitrogen and oxygen atoms in total. The van der Waals surface area contributed by atoms with E-state index in [9.17, 15) is 9.59 Å². The third kappa shape index (κ3) is 5.89. The Morgan fingerprint density at radius 3 is 2.65 bits per heavy atom. The molecule has 0 aromatic heterocycles. The maximum Gasteiger partial charge on any atom is 0.340 e. The van der Waals surface area contributed by atoms with Gasteiger partial charge in [0.05, 0.1) is 31.5 Å². The first-order valence-electron chi connectivity index (χ1n) is 8.53. The molecule has 0 atom stereocenters. The summed E-state index contributed by atoms with van der Waals surface area (Å²) in [6.07, 6.45) is 0.782. The zero-order chi connectivity index (χ0) is 18.8. The highest BCUT2D eigenvalue weighted by atomic mass is 16.5. The van der Waals surface area contributed by atoms with Gasteiger partial charge in [-0.05, 0) is 49.7 Å². The third-order valence-electron chi connectivity index (χ3n) is 3.71. The third-order valence-corrected chi connectivity index (χ3v) is 3.71. The number of rotatable bonds is 9. The molecule has 0 heterocycles. The van der Waals surface area contributed by atoms with Gasteiger partial charge in [-0.2, -0.15) is 0 Å². The van der Waals surface area contributed by atoms with Crippen molar-refractivity contribution in [3.8, 4) is 5.75 Å². The molecule has 0 aliphatic rings. The number of esters is 1. The highest BCUT2D eigenvalue weighted by Crippen LogP contribution is 2.16. The summed E-state index contributed by atoms with van der Waals surface area (Å²) >= 11 is 0. The monoisotopic (exact) mass is 356 g/mol. The van der Waals surface area contributed by atoms with E-state index < -0.39 is 5.97 Å². The predicted octanol–water partition coefficient (Wildman–Crippen LogP) is 2.64. The van der Waals surface area contributed by atoms with Crippen LogP contribution in [0.2, 0.25) is 0 Å². The number of hydrogen-bond donors (Lipinski definition) is 2. The van der Waals surface area contributed by atoms with E-state index in [1.165, 1.54) is 0 Å². The molecule has 2 rings (SSSR count). The number of benzene rings is 2. The molecule has 2 aromatic carbocycles. The summed E-state index contributed by atoms with van der Waals surface area (Å²) in [5, 5.41) is 5.84. The summed E-state index contributed by atoms with van der Waals surface area (Å²) in [6.45, 7) is 2.83. The normalized spacial score (nSPS) is 10.2. The van der Waals surface area contributed by atoms with E-state index in [0.717, 1.165) is 17.7 Å². The first-order chi connectivity index (χ1) is 12.6. The molecule has 0 spiro atoms. The first-order valence-corrected chi connectivity index (χ1v) is 8.53. The van der Waals surface area contributed by atoms with Crippen molar-refractivity contribution < 1.29 is 19.1 Å². The molecule has 0 aliphatic heterocycles. The van der Waals surface area contributed by atoms with Crippen molar-refractivity contribution in [2.75, 3.05) is 32.1 Å². The molecule has 6 heteroatoms. The molecule has 1 amide bonds. The highest BCUT2D eigenvalue weighted by molar-refractivity contribution is 6.01. The maximum atomic E-state index is 12.1. The smallest absolute Gasteiger partial charge is 0.340 e. The Morgan fingerprint density at radius 1 is 1.08 bits per heavy atom. The Labute approximate surface area is 153 Å². The van der Waals surface area contributed by atoms with Gasteiger partial charge in [-0.15, -0.1) is 0 Å². The number of hydrogen-bond acceptors (Lipinski definition) is 5. The quantitative estimate of drug-likeness (QED) is 0.534. The first kappa shape index (κ1) is 19.5. The van der Waals surface area contributed by atoms with Gasteiger partial charge < -0.3 is 20.1 Å². The molecular formula is C20H24N2O4. The minimum Gasteiger partial charge on any atom is -0.497 e. The van der Waals surface area contributed by atoms with E-state index in [4.69, 9.17) is 9.47 Å². The SMILES string of the molecule is CCOC(=O)c1ccccc1NC(=O)CNCCc1cccc(OC)c1. The number of ether oxygens (including phenoxy) is 2. The van der Waals surface area contributed by atoms with E-state index in [2.05, 4.69) is 10.6 Å². The van der Waals surface area contributed by atoms with Gasteiger partial charge in [-0.3, -0.25) is 4.79 Å². The van der Waals surface area contributed by atoms with Gasteiger partial charge in [-0.1, -0.05) is 24.3 Å². The molecule has 0 saturated heterocycles. The van der Waals surface area contributed by atoms with E-state index in [1.54, 1.807) is 38.3 Å².